The first kappa shape index (κ1) is 25.9. The molecule has 2 rings (SSSR count). The van der Waals surface area contributed by atoms with Crippen LogP contribution in [-0.4, -0.2) is 57.9 Å². The van der Waals surface area contributed by atoms with E-state index in [1.165, 1.54) is 13.8 Å². The lowest BCUT2D eigenvalue weighted by molar-refractivity contribution is -0.142. The number of para-hydroxylation sites is 1. The zero-order chi connectivity index (χ0) is 24.7. The maximum Gasteiger partial charge on any atom is 0.326 e. The SMILES string of the molecule is CCC(C)C(NC(=O)C(C)NC(=O)C(C)N)C(=O)NC(Cc1c[nH]c2ccccc12)C(=O)O. The third-order valence-corrected chi connectivity index (χ3v) is 5.67. The van der Waals surface area contributed by atoms with Crippen LogP contribution in [0.1, 0.15) is 39.7 Å². The Hall–Kier alpha value is -3.40. The largest absolute Gasteiger partial charge is 0.480 e. The maximum atomic E-state index is 13.0. The van der Waals surface area contributed by atoms with E-state index >= 15 is 0 Å². The second kappa shape index (κ2) is 11.5. The van der Waals surface area contributed by atoms with Gasteiger partial charge in [-0.25, -0.2) is 4.79 Å². The Morgan fingerprint density at radius 3 is 2.27 bits per heavy atom. The number of aliphatic carboxylic acids is 1. The molecule has 1 heterocycles. The zero-order valence-corrected chi connectivity index (χ0v) is 19.3. The van der Waals surface area contributed by atoms with E-state index in [4.69, 9.17) is 5.73 Å². The standard InChI is InChI=1S/C23H33N5O5/c1-5-12(2)19(28-21(30)14(4)26-20(29)13(3)24)22(31)27-18(23(32)33)10-15-11-25-17-9-7-6-8-16(15)17/h6-9,11-14,18-19,25H,5,10,24H2,1-4H3,(H,26,29)(H,27,31)(H,28,30)(H,32,33). The fourth-order valence-electron chi connectivity index (χ4n) is 3.37. The van der Waals surface area contributed by atoms with Crippen LogP contribution in [0.15, 0.2) is 30.5 Å². The van der Waals surface area contributed by atoms with Gasteiger partial charge in [0.2, 0.25) is 17.7 Å². The molecule has 0 fully saturated rings. The van der Waals surface area contributed by atoms with Crippen molar-refractivity contribution in [2.24, 2.45) is 11.7 Å². The van der Waals surface area contributed by atoms with Crippen molar-refractivity contribution in [2.45, 2.75) is 64.7 Å². The number of hydrogen-bond acceptors (Lipinski definition) is 5. The van der Waals surface area contributed by atoms with Crippen LogP contribution in [0, 0.1) is 5.92 Å². The van der Waals surface area contributed by atoms with Gasteiger partial charge in [0.25, 0.3) is 0 Å². The highest BCUT2D eigenvalue weighted by atomic mass is 16.4. The number of carbonyl (C=O) groups is 4. The number of carbonyl (C=O) groups excluding carboxylic acids is 3. The highest BCUT2D eigenvalue weighted by molar-refractivity contribution is 5.94. The number of nitrogens with one attached hydrogen (secondary N) is 4. The number of H-pyrrole nitrogens is 1. The quantitative estimate of drug-likeness (QED) is 0.289. The van der Waals surface area contributed by atoms with Gasteiger partial charge in [0.1, 0.15) is 18.1 Å². The van der Waals surface area contributed by atoms with Gasteiger partial charge in [-0.3, -0.25) is 14.4 Å². The van der Waals surface area contributed by atoms with Gasteiger partial charge in [-0.1, -0.05) is 38.5 Å². The van der Waals surface area contributed by atoms with E-state index in [-0.39, 0.29) is 12.3 Å². The average molecular weight is 460 g/mol. The summed E-state index contributed by atoms with van der Waals surface area (Å²) in [7, 11) is 0. The second-order valence-corrected chi connectivity index (χ2v) is 8.35. The minimum Gasteiger partial charge on any atom is -0.480 e. The van der Waals surface area contributed by atoms with Crippen LogP contribution >= 0.6 is 0 Å². The Bertz CT molecular complexity index is 1000. The minimum atomic E-state index is -1.18. The van der Waals surface area contributed by atoms with Gasteiger partial charge >= 0.3 is 5.97 Å². The molecule has 0 saturated carbocycles. The molecule has 7 N–H and O–H groups in total. The van der Waals surface area contributed by atoms with Crippen molar-refractivity contribution in [3.63, 3.8) is 0 Å². The van der Waals surface area contributed by atoms with Crippen LogP contribution in [0.3, 0.4) is 0 Å². The highest BCUT2D eigenvalue weighted by Crippen LogP contribution is 2.19. The predicted octanol–water partition coefficient (Wildman–Crippen LogP) is 0.663. The number of carboxylic acid groups (broad SMARTS) is 1. The summed E-state index contributed by atoms with van der Waals surface area (Å²) in [6, 6.07) is 3.63. The molecule has 0 aliphatic rings. The molecule has 0 radical (unpaired) electrons. The smallest absolute Gasteiger partial charge is 0.326 e. The van der Waals surface area contributed by atoms with E-state index in [9.17, 15) is 24.3 Å². The van der Waals surface area contributed by atoms with E-state index in [0.717, 1.165) is 16.5 Å². The molecule has 0 spiro atoms. The van der Waals surface area contributed by atoms with Gasteiger partial charge in [-0.15, -0.1) is 0 Å². The van der Waals surface area contributed by atoms with Crippen molar-refractivity contribution in [3.05, 3.63) is 36.0 Å². The number of carboxylic acids is 1. The Labute approximate surface area is 192 Å². The molecular formula is C23H33N5O5. The Morgan fingerprint density at radius 1 is 1.00 bits per heavy atom. The number of fused-ring (bicyclic) bond motifs is 1. The monoisotopic (exact) mass is 459 g/mol. The minimum absolute atomic E-state index is 0.0765. The van der Waals surface area contributed by atoms with E-state index in [1.807, 2.05) is 31.2 Å². The van der Waals surface area contributed by atoms with Crippen molar-refractivity contribution < 1.29 is 24.3 Å². The first-order chi connectivity index (χ1) is 15.5. The molecule has 0 bridgehead atoms. The van der Waals surface area contributed by atoms with Crippen LogP contribution in [-0.2, 0) is 25.6 Å². The van der Waals surface area contributed by atoms with Crippen molar-refractivity contribution in [3.8, 4) is 0 Å². The van der Waals surface area contributed by atoms with Crippen LogP contribution in [0.2, 0.25) is 0 Å². The van der Waals surface area contributed by atoms with Crippen LogP contribution in [0.5, 0.6) is 0 Å². The molecule has 5 atom stereocenters. The summed E-state index contributed by atoms with van der Waals surface area (Å²) in [6.45, 7) is 6.62. The third-order valence-electron chi connectivity index (χ3n) is 5.67. The lowest BCUT2D eigenvalue weighted by Gasteiger charge is -2.27. The zero-order valence-electron chi connectivity index (χ0n) is 19.3. The number of hydrogen-bond donors (Lipinski definition) is 6. The normalized spacial score (nSPS) is 15.7. The third kappa shape index (κ3) is 6.79. The van der Waals surface area contributed by atoms with Gasteiger partial charge in [-0.05, 0) is 31.4 Å². The molecule has 0 saturated heterocycles. The van der Waals surface area contributed by atoms with E-state index < -0.39 is 47.9 Å². The molecular weight excluding hydrogens is 426 g/mol. The Morgan fingerprint density at radius 2 is 1.67 bits per heavy atom. The van der Waals surface area contributed by atoms with Crippen molar-refractivity contribution in [1.29, 1.82) is 0 Å². The summed E-state index contributed by atoms with van der Waals surface area (Å²) in [5.74, 6) is -3.11. The summed E-state index contributed by atoms with van der Waals surface area (Å²) in [5.41, 5.74) is 7.14. The number of nitrogens with two attached hydrogens (primary N) is 1. The molecule has 0 aliphatic carbocycles. The van der Waals surface area contributed by atoms with Crippen LogP contribution < -0.4 is 21.7 Å². The van der Waals surface area contributed by atoms with Gasteiger partial charge in [0.15, 0.2) is 0 Å². The summed E-state index contributed by atoms with van der Waals surface area (Å²) in [4.78, 5) is 52.4. The lowest BCUT2D eigenvalue weighted by atomic mass is 9.97. The van der Waals surface area contributed by atoms with E-state index in [0.29, 0.717) is 6.42 Å². The topological polar surface area (TPSA) is 166 Å². The van der Waals surface area contributed by atoms with Crippen molar-refractivity contribution in [2.75, 3.05) is 0 Å². The molecule has 3 amide bonds. The lowest BCUT2D eigenvalue weighted by Crippen LogP contribution is -2.58. The van der Waals surface area contributed by atoms with Gasteiger partial charge in [-0.2, -0.15) is 0 Å². The van der Waals surface area contributed by atoms with Gasteiger partial charge in [0.05, 0.1) is 6.04 Å². The van der Waals surface area contributed by atoms with E-state index in [2.05, 4.69) is 20.9 Å². The molecule has 33 heavy (non-hydrogen) atoms. The number of rotatable bonds is 11. The molecule has 10 heteroatoms. The molecule has 10 nitrogen and oxygen atoms in total. The molecule has 1 aromatic heterocycles. The number of aromatic amines is 1. The number of benzene rings is 1. The summed E-state index contributed by atoms with van der Waals surface area (Å²) < 4.78 is 0. The summed E-state index contributed by atoms with van der Waals surface area (Å²) in [5, 5.41) is 18.3. The maximum absolute atomic E-state index is 13.0. The Kier molecular flexibility index (Phi) is 8.98. The number of amides is 3. The molecule has 5 unspecified atom stereocenters. The average Bonchev–Trinajstić information content (AvgIpc) is 3.18. The Balaban J connectivity index is 2.13. The fraction of sp³-hybridized carbons (Fsp3) is 0.478. The van der Waals surface area contributed by atoms with Crippen LogP contribution in [0.25, 0.3) is 10.9 Å². The molecule has 180 valence electrons. The van der Waals surface area contributed by atoms with E-state index in [1.54, 1.807) is 13.1 Å². The van der Waals surface area contributed by atoms with Crippen molar-refractivity contribution >= 4 is 34.6 Å². The predicted molar refractivity (Wildman–Crippen MR) is 124 cm³/mol. The summed E-state index contributed by atoms with van der Waals surface area (Å²) >= 11 is 0. The molecule has 1 aromatic carbocycles. The van der Waals surface area contributed by atoms with Crippen LogP contribution in [0.4, 0.5) is 0 Å². The second-order valence-electron chi connectivity index (χ2n) is 8.35. The fourth-order valence-corrected chi connectivity index (χ4v) is 3.37. The summed E-state index contributed by atoms with van der Waals surface area (Å²) in [6.07, 6.45) is 2.37. The van der Waals surface area contributed by atoms with Gasteiger partial charge in [0, 0.05) is 23.5 Å². The van der Waals surface area contributed by atoms with Crippen molar-refractivity contribution in [1.82, 2.24) is 20.9 Å². The first-order valence-corrected chi connectivity index (χ1v) is 11.0. The highest BCUT2D eigenvalue weighted by Gasteiger charge is 2.31. The first-order valence-electron chi connectivity index (χ1n) is 11.0. The molecule has 2 aromatic rings. The van der Waals surface area contributed by atoms with Gasteiger partial charge < -0.3 is 31.8 Å². The molecule has 0 aliphatic heterocycles. The number of aromatic nitrogens is 1.